The summed E-state index contributed by atoms with van der Waals surface area (Å²) < 4.78 is 12.5. The molecule has 0 spiro atoms. The monoisotopic (exact) mass is 486 g/mol. The van der Waals surface area contributed by atoms with Crippen LogP contribution in [0, 0.1) is 0 Å². The Balaban J connectivity index is 1.52. The Morgan fingerprint density at radius 1 is 0.472 bits per heavy atom. The van der Waals surface area contributed by atoms with Gasteiger partial charge in [-0.25, -0.2) is 0 Å². The molecule has 4 aromatic rings. The van der Waals surface area contributed by atoms with E-state index in [1.807, 2.05) is 0 Å². The van der Waals surface area contributed by atoms with Crippen LogP contribution in [0.3, 0.4) is 0 Å². The Morgan fingerprint density at radius 2 is 1.06 bits per heavy atom. The molecule has 0 aromatic heterocycles. The van der Waals surface area contributed by atoms with Crippen LogP contribution in [0.4, 0.5) is 0 Å². The van der Waals surface area contributed by atoms with Crippen LogP contribution >= 0.6 is 0 Å². The van der Waals surface area contributed by atoms with Gasteiger partial charge in [-0.1, -0.05) is 24.3 Å². The van der Waals surface area contributed by atoms with Gasteiger partial charge >= 0.3 is 0 Å². The van der Waals surface area contributed by atoms with E-state index >= 15 is 0 Å². The highest BCUT2D eigenvalue weighted by molar-refractivity contribution is 5.72. The maximum Gasteiger partial charge on any atom is 0.165 e. The van der Waals surface area contributed by atoms with Gasteiger partial charge in [-0.15, -0.1) is 0 Å². The van der Waals surface area contributed by atoms with E-state index < -0.39 is 12.2 Å². The molecule has 182 valence electrons. The average Bonchev–Trinajstić information content (AvgIpc) is 2.82. The first-order valence-electron chi connectivity index (χ1n) is 11.0. The maximum absolute atomic E-state index is 10.1. The number of phenols is 6. The second-order valence-electron chi connectivity index (χ2n) is 8.43. The zero-order chi connectivity index (χ0) is 25.4. The number of ether oxygens (including phenoxy) is 2. The molecule has 1 heterocycles. The topological polar surface area (TPSA) is 140 Å². The van der Waals surface area contributed by atoms with Gasteiger partial charge in [0.15, 0.2) is 35.2 Å². The van der Waals surface area contributed by atoms with Crippen molar-refractivity contribution < 1.29 is 40.1 Å². The second-order valence-corrected chi connectivity index (χ2v) is 8.43. The van der Waals surface area contributed by atoms with Gasteiger partial charge in [0, 0.05) is 23.3 Å². The van der Waals surface area contributed by atoms with E-state index in [4.69, 9.17) is 9.47 Å². The molecule has 0 amide bonds. The summed E-state index contributed by atoms with van der Waals surface area (Å²) in [6, 6.07) is 17.9. The fourth-order valence-electron chi connectivity index (χ4n) is 4.11. The molecule has 5 rings (SSSR count). The number of aromatic hydroxyl groups is 6. The van der Waals surface area contributed by atoms with Crippen molar-refractivity contribution in [3.8, 4) is 46.0 Å². The summed E-state index contributed by atoms with van der Waals surface area (Å²) in [5.41, 5.74) is 2.30. The molecule has 0 radical (unpaired) electrons. The third-order valence-electron chi connectivity index (χ3n) is 5.73. The maximum atomic E-state index is 10.1. The van der Waals surface area contributed by atoms with Gasteiger partial charge in [0.05, 0.1) is 0 Å². The molecule has 0 fully saturated rings. The highest BCUT2D eigenvalue weighted by atomic mass is 16.6. The molecule has 0 aliphatic carbocycles. The van der Waals surface area contributed by atoms with Gasteiger partial charge in [-0.3, -0.25) is 0 Å². The third-order valence-corrected chi connectivity index (χ3v) is 5.73. The van der Waals surface area contributed by atoms with Gasteiger partial charge in [0.25, 0.3) is 0 Å². The third kappa shape index (κ3) is 4.65. The molecular weight excluding hydrogens is 464 g/mol. The lowest BCUT2D eigenvalue weighted by molar-refractivity contribution is 0.0180. The number of fused-ring (bicyclic) bond motifs is 1. The van der Waals surface area contributed by atoms with Gasteiger partial charge in [-0.05, 0) is 59.7 Å². The first-order valence-corrected chi connectivity index (χ1v) is 11.0. The fraction of sp³-hybridized carbons (Fsp3) is 0.0714. The fourth-order valence-corrected chi connectivity index (χ4v) is 4.11. The molecular formula is C28H22O8. The zero-order valence-corrected chi connectivity index (χ0v) is 18.7. The average molecular weight is 486 g/mol. The zero-order valence-electron chi connectivity index (χ0n) is 18.7. The van der Waals surface area contributed by atoms with Crippen molar-refractivity contribution in [3.05, 3.63) is 95.1 Å². The molecule has 8 heteroatoms. The van der Waals surface area contributed by atoms with E-state index in [0.717, 1.165) is 5.56 Å². The predicted molar refractivity (Wildman–Crippen MR) is 131 cm³/mol. The van der Waals surface area contributed by atoms with E-state index in [-0.39, 0.29) is 34.5 Å². The smallest absolute Gasteiger partial charge is 0.165 e. The molecule has 8 nitrogen and oxygen atoms in total. The Labute approximate surface area is 205 Å². The first-order chi connectivity index (χ1) is 17.2. The van der Waals surface area contributed by atoms with Crippen molar-refractivity contribution in [1.82, 2.24) is 0 Å². The summed E-state index contributed by atoms with van der Waals surface area (Å²) in [4.78, 5) is 0. The number of benzene rings is 4. The van der Waals surface area contributed by atoms with Crippen LogP contribution < -0.4 is 9.47 Å². The Hall–Kier alpha value is -4.98. The Morgan fingerprint density at radius 3 is 1.72 bits per heavy atom. The largest absolute Gasteiger partial charge is 0.508 e. The van der Waals surface area contributed by atoms with Gasteiger partial charge in [-0.2, -0.15) is 0 Å². The van der Waals surface area contributed by atoms with Gasteiger partial charge in [0.2, 0.25) is 0 Å². The highest BCUT2D eigenvalue weighted by Gasteiger charge is 2.35. The van der Waals surface area contributed by atoms with E-state index in [1.54, 1.807) is 36.4 Å². The molecule has 2 atom stereocenters. The number of rotatable bonds is 4. The van der Waals surface area contributed by atoms with Crippen molar-refractivity contribution in [2.45, 2.75) is 12.2 Å². The lowest BCUT2D eigenvalue weighted by Crippen LogP contribution is -2.26. The summed E-state index contributed by atoms with van der Waals surface area (Å²) in [6.45, 7) is 0. The Kier molecular flexibility index (Phi) is 5.69. The quantitative estimate of drug-likeness (QED) is 0.168. The van der Waals surface area contributed by atoms with Crippen LogP contribution in [0.2, 0.25) is 0 Å². The van der Waals surface area contributed by atoms with Crippen LogP contribution in [0.5, 0.6) is 46.0 Å². The van der Waals surface area contributed by atoms with Crippen molar-refractivity contribution >= 4 is 12.2 Å². The lowest BCUT2D eigenvalue weighted by atomic mass is 9.95. The number of hydrogen-bond donors (Lipinski definition) is 6. The van der Waals surface area contributed by atoms with Crippen molar-refractivity contribution in [3.63, 3.8) is 0 Å². The summed E-state index contributed by atoms with van der Waals surface area (Å²) in [6.07, 6.45) is 1.90. The SMILES string of the molecule is Oc1cc(O)cc(/C=C/c2ccc3c(c2)O[C@H](c2ccc(O)c(O)c2)[C@H](c2cc(O)cc(O)c2)O3)c1. The van der Waals surface area contributed by atoms with Gasteiger partial charge in [0.1, 0.15) is 23.0 Å². The van der Waals surface area contributed by atoms with Crippen LogP contribution in [0.25, 0.3) is 12.2 Å². The Bertz CT molecular complexity index is 1440. The van der Waals surface area contributed by atoms with Crippen molar-refractivity contribution in [1.29, 1.82) is 0 Å². The van der Waals surface area contributed by atoms with Crippen LogP contribution in [0.15, 0.2) is 72.8 Å². The van der Waals surface area contributed by atoms with Crippen LogP contribution in [-0.4, -0.2) is 30.6 Å². The van der Waals surface area contributed by atoms with E-state index in [1.165, 1.54) is 48.5 Å². The lowest BCUT2D eigenvalue weighted by Gasteiger charge is -2.35. The summed E-state index contributed by atoms with van der Waals surface area (Å²) in [5, 5.41) is 59.2. The van der Waals surface area contributed by atoms with Crippen molar-refractivity contribution in [2.75, 3.05) is 0 Å². The molecule has 0 saturated carbocycles. The predicted octanol–water partition coefficient (Wildman–Crippen LogP) is 5.34. The minimum Gasteiger partial charge on any atom is -0.508 e. The minimum atomic E-state index is -0.799. The summed E-state index contributed by atoms with van der Waals surface area (Å²) >= 11 is 0. The number of hydrogen-bond acceptors (Lipinski definition) is 8. The molecule has 0 unspecified atom stereocenters. The molecule has 4 aromatic carbocycles. The normalized spacial score (nSPS) is 16.8. The molecule has 1 aliphatic heterocycles. The summed E-state index contributed by atoms with van der Waals surface area (Å²) in [7, 11) is 0. The van der Waals surface area contributed by atoms with E-state index in [2.05, 4.69) is 0 Å². The first kappa shape index (κ1) is 22.8. The molecule has 0 saturated heterocycles. The van der Waals surface area contributed by atoms with E-state index in [0.29, 0.717) is 28.2 Å². The van der Waals surface area contributed by atoms with E-state index in [9.17, 15) is 30.6 Å². The second kappa shape index (κ2) is 8.99. The molecule has 0 bridgehead atoms. The summed E-state index contributed by atoms with van der Waals surface area (Å²) in [5.74, 6) is -0.182. The van der Waals surface area contributed by atoms with Crippen molar-refractivity contribution in [2.24, 2.45) is 0 Å². The minimum absolute atomic E-state index is 0.0548. The van der Waals surface area contributed by atoms with Crippen LogP contribution in [-0.2, 0) is 0 Å². The highest BCUT2D eigenvalue weighted by Crippen LogP contribution is 2.48. The molecule has 1 aliphatic rings. The van der Waals surface area contributed by atoms with Crippen LogP contribution in [0.1, 0.15) is 34.5 Å². The molecule has 36 heavy (non-hydrogen) atoms. The number of phenolic OH excluding ortho intramolecular Hbond substituents is 6. The van der Waals surface area contributed by atoms with Gasteiger partial charge < -0.3 is 40.1 Å². The standard InChI is InChI=1S/C28H22O8/c29-19-7-16(8-20(30)13-19)2-1-15-3-6-25-26(9-15)36-27(17-4-5-23(33)24(34)12-17)28(35-25)18-10-21(31)14-22(32)11-18/h1-14,27-34H/b2-1+/t27-,28+/m1/s1. The molecule has 6 N–H and O–H groups in total.